The van der Waals surface area contributed by atoms with Crippen LogP contribution in [0.25, 0.3) is 0 Å². The second-order valence-corrected chi connectivity index (χ2v) is 7.27. The summed E-state index contributed by atoms with van der Waals surface area (Å²) in [6.07, 6.45) is 12.2. The number of hydrogen-bond acceptors (Lipinski definition) is 3. The third-order valence-electron chi connectivity index (χ3n) is 3.72. The van der Waals surface area contributed by atoms with Gasteiger partial charge in [-0.15, -0.1) is 0 Å². The van der Waals surface area contributed by atoms with Crippen LogP contribution >= 0.6 is 7.82 Å². The first-order valence-corrected chi connectivity index (χ1v) is 10.4. The maximum absolute atomic E-state index is 11.8. The zero-order valence-corrected chi connectivity index (χ0v) is 15.2. The van der Waals surface area contributed by atoms with Gasteiger partial charge in [-0.25, -0.2) is 4.57 Å². The van der Waals surface area contributed by atoms with E-state index in [4.69, 9.17) is 9.05 Å². The van der Waals surface area contributed by atoms with Gasteiger partial charge in [0.25, 0.3) is 0 Å². The molecule has 1 rings (SSSR count). The van der Waals surface area contributed by atoms with E-state index < -0.39 is 7.82 Å². The average Bonchev–Trinajstić information content (AvgIpc) is 2.53. The first kappa shape index (κ1) is 28.4. The molecule has 0 aromatic heterocycles. The molecule has 0 saturated heterocycles. The van der Waals surface area contributed by atoms with Crippen LogP contribution in [0, 0.1) is 0 Å². The van der Waals surface area contributed by atoms with Crippen LogP contribution in [0.2, 0.25) is 0 Å². The minimum atomic E-state index is -3.99. The number of phosphoric ester groups is 1. The maximum atomic E-state index is 11.8. The quantitative estimate of drug-likeness (QED) is 0.281. The van der Waals surface area contributed by atoms with Crippen molar-refractivity contribution in [1.29, 1.82) is 0 Å². The molecule has 25 heavy (non-hydrogen) atoms. The van der Waals surface area contributed by atoms with E-state index in [1.54, 1.807) is 24.3 Å². The Morgan fingerprint density at radius 1 is 0.840 bits per heavy atom. The minimum absolute atomic E-state index is 0. The standard InChI is InChI=1S/C18H31O4P.2Na.2H/c1-2-3-4-5-6-7-8-9-10-14-17-21-23(19,20)22-18-15-12-11-13-16-18;;;;/h11-13,15-16H,2-10,14,17H2,1H3,(H,19,20);;;;. The molecule has 0 fully saturated rings. The number of para-hydroxylation sites is 1. The van der Waals surface area contributed by atoms with Crippen LogP contribution in [0.4, 0.5) is 0 Å². The zero-order valence-electron chi connectivity index (χ0n) is 14.3. The average molecular weight is 390 g/mol. The van der Waals surface area contributed by atoms with Crippen molar-refractivity contribution in [3.05, 3.63) is 30.3 Å². The molecule has 1 unspecified atom stereocenters. The second kappa shape index (κ2) is 18.5. The van der Waals surface area contributed by atoms with Crippen LogP contribution in [0.3, 0.4) is 0 Å². The third kappa shape index (κ3) is 17.0. The van der Waals surface area contributed by atoms with Crippen LogP contribution < -0.4 is 4.52 Å². The van der Waals surface area contributed by atoms with E-state index in [-0.39, 0.29) is 65.7 Å². The molecule has 0 saturated carbocycles. The molecular weight excluding hydrogens is 357 g/mol. The Bertz CT molecular complexity index is 446. The van der Waals surface area contributed by atoms with Crippen molar-refractivity contribution in [2.45, 2.75) is 71.1 Å². The molecule has 0 heterocycles. The Hall–Kier alpha value is 1.17. The Morgan fingerprint density at radius 3 is 1.84 bits per heavy atom. The molecule has 0 radical (unpaired) electrons. The summed E-state index contributed by atoms with van der Waals surface area (Å²) in [5.74, 6) is 0.349. The monoisotopic (exact) mass is 390 g/mol. The van der Waals surface area contributed by atoms with Crippen LogP contribution in [0.1, 0.15) is 71.1 Å². The molecule has 0 aliphatic carbocycles. The van der Waals surface area contributed by atoms with Gasteiger partial charge >= 0.3 is 66.9 Å². The van der Waals surface area contributed by atoms with Crippen LogP contribution in [-0.2, 0) is 9.09 Å². The van der Waals surface area contributed by atoms with E-state index >= 15 is 0 Å². The van der Waals surface area contributed by atoms with E-state index in [9.17, 15) is 9.46 Å². The second-order valence-electron chi connectivity index (χ2n) is 5.89. The molecule has 0 aliphatic rings. The summed E-state index contributed by atoms with van der Waals surface area (Å²) < 4.78 is 21.7. The SMILES string of the molecule is CCCCCCCCCCCCOP(=O)(O)Oc1ccccc1.[NaH].[NaH]. The summed E-state index contributed by atoms with van der Waals surface area (Å²) >= 11 is 0. The fraction of sp³-hybridized carbons (Fsp3) is 0.667. The number of rotatable bonds is 14. The fourth-order valence-electron chi connectivity index (χ4n) is 2.41. The van der Waals surface area contributed by atoms with E-state index in [0.29, 0.717) is 5.75 Å². The normalized spacial score (nSPS) is 12.6. The molecule has 0 spiro atoms. The van der Waals surface area contributed by atoms with E-state index in [1.165, 1.54) is 44.9 Å². The van der Waals surface area contributed by atoms with E-state index in [1.807, 2.05) is 6.07 Å². The summed E-state index contributed by atoms with van der Waals surface area (Å²) in [7, 11) is -3.99. The van der Waals surface area contributed by atoms with Crippen molar-refractivity contribution >= 4 is 66.9 Å². The van der Waals surface area contributed by atoms with Crippen molar-refractivity contribution in [2.75, 3.05) is 6.61 Å². The molecular formula is C18H33Na2O4P. The van der Waals surface area contributed by atoms with Crippen molar-refractivity contribution in [3.63, 3.8) is 0 Å². The first-order valence-electron chi connectivity index (χ1n) is 8.86. The molecule has 0 amide bonds. The molecule has 0 aliphatic heterocycles. The molecule has 0 bridgehead atoms. The van der Waals surface area contributed by atoms with Gasteiger partial charge in [-0.1, -0.05) is 82.9 Å². The number of benzene rings is 1. The molecule has 1 aromatic carbocycles. The predicted molar refractivity (Wildman–Crippen MR) is 109 cm³/mol. The fourth-order valence-corrected chi connectivity index (χ4v) is 3.21. The molecule has 1 aromatic rings. The van der Waals surface area contributed by atoms with Crippen molar-refractivity contribution in [3.8, 4) is 5.75 Å². The molecule has 7 heteroatoms. The van der Waals surface area contributed by atoms with Gasteiger partial charge in [0, 0.05) is 0 Å². The van der Waals surface area contributed by atoms with Crippen molar-refractivity contribution in [1.82, 2.24) is 0 Å². The summed E-state index contributed by atoms with van der Waals surface area (Å²) in [5, 5.41) is 0. The van der Waals surface area contributed by atoms with Gasteiger partial charge in [0.1, 0.15) is 5.75 Å². The van der Waals surface area contributed by atoms with Gasteiger partial charge in [0.05, 0.1) is 6.61 Å². The van der Waals surface area contributed by atoms with Crippen molar-refractivity contribution in [2.24, 2.45) is 0 Å². The van der Waals surface area contributed by atoms with Gasteiger partial charge in [-0.3, -0.25) is 9.42 Å². The third-order valence-corrected chi connectivity index (χ3v) is 4.67. The molecule has 1 N–H and O–H groups in total. The molecule has 136 valence electrons. The molecule has 4 nitrogen and oxygen atoms in total. The summed E-state index contributed by atoms with van der Waals surface area (Å²) in [6.45, 7) is 2.50. The topological polar surface area (TPSA) is 55.8 Å². The Kier molecular flexibility index (Phi) is 21.0. The number of unbranched alkanes of at least 4 members (excludes halogenated alkanes) is 9. The number of hydrogen-bond donors (Lipinski definition) is 1. The van der Waals surface area contributed by atoms with Gasteiger partial charge in [0.2, 0.25) is 0 Å². The Balaban J connectivity index is 0. The van der Waals surface area contributed by atoms with Crippen molar-refractivity contribution < 1.29 is 18.5 Å². The summed E-state index contributed by atoms with van der Waals surface area (Å²) in [6, 6.07) is 8.58. The van der Waals surface area contributed by atoms with Crippen LogP contribution in [0.15, 0.2) is 30.3 Å². The van der Waals surface area contributed by atoms with Crippen LogP contribution in [0.5, 0.6) is 5.75 Å². The van der Waals surface area contributed by atoms with Crippen LogP contribution in [-0.4, -0.2) is 70.6 Å². The number of phosphoric acid groups is 1. The predicted octanol–water partition coefficient (Wildman–Crippen LogP) is 4.81. The zero-order chi connectivity index (χ0) is 16.8. The summed E-state index contributed by atoms with van der Waals surface area (Å²) in [5.41, 5.74) is 0. The Labute approximate surface area is 197 Å². The van der Waals surface area contributed by atoms with Gasteiger partial charge in [0.15, 0.2) is 0 Å². The molecule has 1 atom stereocenters. The van der Waals surface area contributed by atoms with Gasteiger partial charge in [-0.2, -0.15) is 0 Å². The Morgan fingerprint density at radius 2 is 1.32 bits per heavy atom. The first-order chi connectivity index (χ1) is 11.1. The van der Waals surface area contributed by atoms with E-state index in [2.05, 4.69) is 6.92 Å². The van der Waals surface area contributed by atoms with Gasteiger partial charge < -0.3 is 4.52 Å². The van der Waals surface area contributed by atoms with Gasteiger partial charge in [-0.05, 0) is 18.6 Å². The summed E-state index contributed by atoms with van der Waals surface area (Å²) in [4.78, 5) is 9.62. The van der Waals surface area contributed by atoms with E-state index in [0.717, 1.165) is 19.3 Å².